The summed E-state index contributed by atoms with van der Waals surface area (Å²) in [7, 11) is 0. The Morgan fingerprint density at radius 3 is 2.10 bits per heavy atom. The zero-order chi connectivity index (χ0) is 15.0. The maximum atomic E-state index is 3.39. The lowest BCUT2D eigenvalue weighted by molar-refractivity contribution is 0.571. The highest BCUT2D eigenvalue weighted by molar-refractivity contribution is 5.89. The second-order valence-corrected chi connectivity index (χ2v) is 7.49. The zero-order valence-corrected chi connectivity index (χ0v) is 13.5. The molecule has 0 saturated heterocycles. The average molecular weight is 264 g/mol. The Hall–Kier alpha value is -1.74. The minimum absolute atomic E-state index is 0.0266. The molecule has 2 rings (SSSR count). The van der Waals surface area contributed by atoms with Crippen LogP contribution < -0.4 is 0 Å². The SMILES string of the molecule is CC(C)(C)C#Cc1cc(C(C)(C)C)cc2ccccc12. The quantitative estimate of drug-likeness (QED) is 0.548. The Morgan fingerprint density at radius 2 is 1.50 bits per heavy atom. The first-order chi connectivity index (χ1) is 9.17. The van der Waals surface area contributed by atoms with E-state index in [9.17, 15) is 0 Å². The second kappa shape index (κ2) is 4.98. The Kier molecular flexibility index (Phi) is 3.65. The maximum Gasteiger partial charge on any atom is 0.0326 e. The first-order valence-corrected chi connectivity index (χ1v) is 7.23. The fourth-order valence-corrected chi connectivity index (χ4v) is 2.10. The molecule has 0 aliphatic carbocycles. The van der Waals surface area contributed by atoms with Crippen molar-refractivity contribution in [3.8, 4) is 11.8 Å². The monoisotopic (exact) mass is 264 g/mol. The Morgan fingerprint density at radius 1 is 0.850 bits per heavy atom. The van der Waals surface area contributed by atoms with E-state index < -0.39 is 0 Å². The van der Waals surface area contributed by atoms with Gasteiger partial charge >= 0.3 is 0 Å². The normalized spacial score (nSPS) is 12.1. The zero-order valence-electron chi connectivity index (χ0n) is 13.5. The van der Waals surface area contributed by atoms with E-state index in [0.717, 1.165) is 5.56 Å². The van der Waals surface area contributed by atoms with E-state index in [0.29, 0.717) is 0 Å². The van der Waals surface area contributed by atoms with Crippen molar-refractivity contribution < 1.29 is 0 Å². The predicted octanol–water partition coefficient (Wildman–Crippen LogP) is 5.53. The molecule has 0 radical (unpaired) electrons. The van der Waals surface area contributed by atoms with Crippen molar-refractivity contribution in [1.29, 1.82) is 0 Å². The van der Waals surface area contributed by atoms with Crippen molar-refractivity contribution in [2.75, 3.05) is 0 Å². The van der Waals surface area contributed by atoms with E-state index >= 15 is 0 Å². The highest BCUT2D eigenvalue weighted by Gasteiger charge is 2.15. The van der Waals surface area contributed by atoms with E-state index in [2.05, 4.69) is 89.8 Å². The molecule has 0 nitrogen and oxygen atoms in total. The minimum atomic E-state index is 0.0266. The first-order valence-electron chi connectivity index (χ1n) is 7.23. The van der Waals surface area contributed by atoms with E-state index in [-0.39, 0.29) is 10.8 Å². The van der Waals surface area contributed by atoms with Crippen molar-refractivity contribution >= 4 is 10.8 Å². The smallest absolute Gasteiger partial charge is 0.0326 e. The topological polar surface area (TPSA) is 0 Å². The Balaban J connectivity index is 2.70. The van der Waals surface area contributed by atoms with Crippen LogP contribution in [0.2, 0.25) is 0 Å². The van der Waals surface area contributed by atoms with Crippen molar-refractivity contribution in [3.63, 3.8) is 0 Å². The van der Waals surface area contributed by atoms with Crippen molar-refractivity contribution in [3.05, 3.63) is 47.5 Å². The van der Waals surface area contributed by atoms with Crippen LogP contribution in [0.1, 0.15) is 52.7 Å². The standard InChI is InChI=1S/C20H24/c1-19(2,3)12-11-16-14-17(20(4,5)6)13-15-9-7-8-10-18(15)16/h7-10,13-14H,1-6H3. The summed E-state index contributed by atoms with van der Waals surface area (Å²) in [6, 6.07) is 13.1. The highest BCUT2D eigenvalue weighted by Crippen LogP contribution is 2.28. The summed E-state index contributed by atoms with van der Waals surface area (Å²) < 4.78 is 0. The summed E-state index contributed by atoms with van der Waals surface area (Å²) >= 11 is 0. The van der Waals surface area contributed by atoms with E-state index in [1.165, 1.54) is 16.3 Å². The van der Waals surface area contributed by atoms with Gasteiger partial charge in [0.05, 0.1) is 0 Å². The fraction of sp³-hybridized carbons (Fsp3) is 0.400. The summed E-state index contributed by atoms with van der Waals surface area (Å²) in [5, 5.41) is 2.52. The van der Waals surface area contributed by atoms with Crippen molar-refractivity contribution in [2.24, 2.45) is 5.41 Å². The van der Waals surface area contributed by atoms with Crippen LogP contribution in [0.3, 0.4) is 0 Å². The molecule has 0 atom stereocenters. The summed E-state index contributed by atoms with van der Waals surface area (Å²) in [6.45, 7) is 13.2. The molecule has 2 aromatic rings. The Bertz CT molecular complexity index is 680. The first kappa shape index (κ1) is 14.7. The van der Waals surface area contributed by atoms with Gasteiger partial charge in [-0.05, 0) is 48.6 Å². The van der Waals surface area contributed by atoms with Crippen LogP contribution in [0.25, 0.3) is 10.8 Å². The van der Waals surface area contributed by atoms with Gasteiger partial charge in [0.2, 0.25) is 0 Å². The third-order valence-electron chi connectivity index (χ3n) is 3.30. The summed E-state index contributed by atoms with van der Waals surface area (Å²) in [5.74, 6) is 6.75. The average Bonchev–Trinajstić information content (AvgIpc) is 2.33. The summed E-state index contributed by atoms with van der Waals surface area (Å²) in [5.41, 5.74) is 2.65. The molecule has 0 fully saturated rings. The molecular formula is C20H24. The third-order valence-corrected chi connectivity index (χ3v) is 3.30. The van der Waals surface area contributed by atoms with Gasteiger partial charge in [-0.1, -0.05) is 62.9 Å². The third kappa shape index (κ3) is 3.42. The molecule has 104 valence electrons. The van der Waals surface area contributed by atoms with Gasteiger partial charge in [-0.2, -0.15) is 0 Å². The van der Waals surface area contributed by atoms with E-state index in [4.69, 9.17) is 0 Å². The lowest BCUT2D eigenvalue weighted by Gasteiger charge is -2.20. The van der Waals surface area contributed by atoms with Gasteiger partial charge in [-0.25, -0.2) is 0 Å². The molecule has 0 heteroatoms. The van der Waals surface area contributed by atoms with Crippen LogP contribution in [-0.4, -0.2) is 0 Å². The van der Waals surface area contributed by atoms with E-state index in [1.54, 1.807) is 0 Å². The van der Waals surface area contributed by atoms with Crippen LogP contribution in [0.4, 0.5) is 0 Å². The van der Waals surface area contributed by atoms with Gasteiger partial charge in [-0.3, -0.25) is 0 Å². The number of benzene rings is 2. The van der Waals surface area contributed by atoms with Gasteiger partial charge < -0.3 is 0 Å². The molecule has 0 aromatic heterocycles. The molecule has 0 unspecified atom stereocenters. The summed E-state index contributed by atoms with van der Waals surface area (Å²) in [6.07, 6.45) is 0. The molecule has 20 heavy (non-hydrogen) atoms. The molecule has 0 spiro atoms. The molecule has 0 aliphatic heterocycles. The lowest BCUT2D eigenvalue weighted by Crippen LogP contribution is -2.11. The van der Waals surface area contributed by atoms with Crippen LogP contribution in [0.5, 0.6) is 0 Å². The maximum absolute atomic E-state index is 3.39. The van der Waals surface area contributed by atoms with Gasteiger partial charge in [0.25, 0.3) is 0 Å². The van der Waals surface area contributed by atoms with Gasteiger partial charge in [-0.15, -0.1) is 0 Å². The van der Waals surface area contributed by atoms with E-state index in [1.807, 2.05) is 0 Å². The molecule has 0 saturated carbocycles. The van der Waals surface area contributed by atoms with Gasteiger partial charge in [0.1, 0.15) is 0 Å². The van der Waals surface area contributed by atoms with Gasteiger partial charge in [0, 0.05) is 11.0 Å². The summed E-state index contributed by atoms with van der Waals surface area (Å²) in [4.78, 5) is 0. The van der Waals surface area contributed by atoms with Crippen LogP contribution in [0, 0.1) is 17.3 Å². The van der Waals surface area contributed by atoms with Crippen molar-refractivity contribution in [1.82, 2.24) is 0 Å². The van der Waals surface area contributed by atoms with Gasteiger partial charge in [0.15, 0.2) is 0 Å². The number of hydrogen-bond donors (Lipinski definition) is 0. The molecular weight excluding hydrogens is 240 g/mol. The molecule has 0 N–H and O–H groups in total. The molecule has 0 amide bonds. The van der Waals surface area contributed by atoms with Crippen LogP contribution in [0.15, 0.2) is 36.4 Å². The molecule has 0 bridgehead atoms. The number of rotatable bonds is 0. The lowest BCUT2D eigenvalue weighted by atomic mass is 9.84. The highest BCUT2D eigenvalue weighted by atomic mass is 14.2. The largest absolute Gasteiger partial charge is 0.0919 e. The predicted molar refractivity (Wildman–Crippen MR) is 89.0 cm³/mol. The number of fused-ring (bicyclic) bond motifs is 1. The van der Waals surface area contributed by atoms with Crippen LogP contribution >= 0.6 is 0 Å². The van der Waals surface area contributed by atoms with Crippen molar-refractivity contribution in [2.45, 2.75) is 47.0 Å². The molecule has 0 heterocycles. The Labute approximate surface area is 123 Å². The molecule has 0 aliphatic rings. The number of hydrogen-bond acceptors (Lipinski definition) is 0. The van der Waals surface area contributed by atoms with Crippen LogP contribution in [-0.2, 0) is 5.41 Å². The minimum Gasteiger partial charge on any atom is -0.0919 e. The molecule has 2 aromatic carbocycles. The fourth-order valence-electron chi connectivity index (χ4n) is 2.10. The second-order valence-electron chi connectivity index (χ2n) is 7.49.